The number of hydrogen-bond donors (Lipinski definition) is 0. The van der Waals surface area contributed by atoms with E-state index in [2.05, 4.69) is 0 Å². The maximum Gasteiger partial charge on any atom is 0.280 e. The van der Waals surface area contributed by atoms with Crippen molar-refractivity contribution in [2.24, 2.45) is 0 Å². The van der Waals surface area contributed by atoms with Crippen molar-refractivity contribution in [1.29, 1.82) is 0 Å². The summed E-state index contributed by atoms with van der Waals surface area (Å²) in [6.07, 6.45) is 2.80. The van der Waals surface area contributed by atoms with Gasteiger partial charge in [0.05, 0.1) is 15.5 Å². The summed E-state index contributed by atoms with van der Waals surface area (Å²) in [7, 11) is 0. The normalized spacial score (nSPS) is 11.1. The largest absolute Gasteiger partial charge is 0.456 e. The molecular weight excluding hydrogens is 406 g/mol. The summed E-state index contributed by atoms with van der Waals surface area (Å²) in [6, 6.07) is 20.0. The van der Waals surface area contributed by atoms with Gasteiger partial charge in [-0.2, -0.15) is 0 Å². The summed E-state index contributed by atoms with van der Waals surface area (Å²) >= 11 is 6.16. The second-order valence-corrected chi connectivity index (χ2v) is 6.72. The van der Waals surface area contributed by atoms with Gasteiger partial charge in [0, 0.05) is 11.6 Å². The van der Waals surface area contributed by atoms with Crippen LogP contribution in [0.25, 0.3) is 28.7 Å². The quantitative estimate of drug-likeness (QED) is 0.151. The molecule has 148 valence electrons. The average Bonchev–Trinajstić information content (AvgIpc) is 3.42. The molecule has 0 spiro atoms. The van der Waals surface area contributed by atoms with E-state index in [1.807, 2.05) is 12.1 Å². The first-order valence-electron chi connectivity index (χ1n) is 8.94. The Morgan fingerprint density at radius 1 is 0.867 bits per heavy atom. The smallest absolute Gasteiger partial charge is 0.280 e. The van der Waals surface area contributed by atoms with Gasteiger partial charge in [-0.1, -0.05) is 35.9 Å². The fourth-order valence-electron chi connectivity index (χ4n) is 2.94. The summed E-state index contributed by atoms with van der Waals surface area (Å²) in [5.74, 6) is 1.03. The monoisotopic (exact) mass is 419 g/mol. The van der Waals surface area contributed by atoms with E-state index in [0.717, 1.165) is 0 Å². The molecule has 0 aliphatic carbocycles. The number of furan rings is 2. The number of carbonyl (C=O) groups is 1. The zero-order valence-corrected chi connectivity index (χ0v) is 16.2. The van der Waals surface area contributed by atoms with E-state index in [0.29, 0.717) is 33.4 Å². The van der Waals surface area contributed by atoms with E-state index in [1.54, 1.807) is 54.6 Å². The number of carbonyl (C=O) groups excluding carboxylic acids is 1. The van der Waals surface area contributed by atoms with Crippen molar-refractivity contribution in [3.05, 3.63) is 106 Å². The van der Waals surface area contributed by atoms with Gasteiger partial charge in [0.2, 0.25) is 5.78 Å². The minimum Gasteiger partial charge on any atom is -0.456 e. The molecule has 4 aromatic rings. The van der Waals surface area contributed by atoms with E-state index < -0.39 is 4.92 Å². The fraction of sp³-hybridized carbons (Fsp3) is 0. The summed E-state index contributed by atoms with van der Waals surface area (Å²) in [5.41, 5.74) is 1.01. The van der Waals surface area contributed by atoms with Crippen LogP contribution in [0, 0.1) is 10.1 Å². The summed E-state index contributed by atoms with van der Waals surface area (Å²) < 4.78 is 11.3. The van der Waals surface area contributed by atoms with Crippen LogP contribution in [0.15, 0.2) is 87.7 Å². The zero-order chi connectivity index (χ0) is 21.1. The lowest BCUT2D eigenvalue weighted by Crippen LogP contribution is -1.90. The van der Waals surface area contributed by atoms with Crippen LogP contribution < -0.4 is 0 Å². The molecule has 0 saturated heterocycles. The lowest BCUT2D eigenvalue weighted by molar-refractivity contribution is -0.384. The van der Waals surface area contributed by atoms with Gasteiger partial charge in [0.1, 0.15) is 17.3 Å². The zero-order valence-electron chi connectivity index (χ0n) is 15.4. The highest BCUT2D eigenvalue weighted by molar-refractivity contribution is 6.33. The molecule has 7 heteroatoms. The third-order valence-corrected chi connectivity index (χ3v) is 4.71. The summed E-state index contributed by atoms with van der Waals surface area (Å²) in [5, 5.41) is 11.7. The van der Waals surface area contributed by atoms with Crippen LogP contribution in [0.4, 0.5) is 5.69 Å². The van der Waals surface area contributed by atoms with Crippen molar-refractivity contribution in [2.75, 3.05) is 0 Å². The van der Waals surface area contributed by atoms with Crippen molar-refractivity contribution >= 4 is 29.1 Å². The van der Waals surface area contributed by atoms with Gasteiger partial charge in [-0.05, 0) is 54.6 Å². The Kier molecular flexibility index (Phi) is 5.32. The number of hydrogen-bond acceptors (Lipinski definition) is 5. The second kappa shape index (κ2) is 8.23. The number of ketones is 1. The van der Waals surface area contributed by atoms with Crippen molar-refractivity contribution in [2.45, 2.75) is 0 Å². The van der Waals surface area contributed by atoms with E-state index in [4.69, 9.17) is 20.4 Å². The number of nitrogens with zero attached hydrogens (tertiary/aromatic N) is 1. The van der Waals surface area contributed by atoms with E-state index >= 15 is 0 Å². The van der Waals surface area contributed by atoms with Gasteiger partial charge in [-0.25, -0.2) is 0 Å². The average molecular weight is 420 g/mol. The molecule has 0 unspecified atom stereocenters. The minimum atomic E-state index is -0.468. The number of nitro benzene ring substituents is 1. The Bertz CT molecular complexity index is 1270. The van der Waals surface area contributed by atoms with Crippen molar-refractivity contribution < 1.29 is 18.6 Å². The topological polar surface area (TPSA) is 86.5 Å². The van der Waals surface area contributed by atoms with Gasteiger partial charge in [0.25, 0.3) is 5.69 Å². The van der Waals surface area contributed by atoms with E-state index in [9.17, 15) is 14.9 Å². The number of rotatable bonds is 6. The Hall–Kier alpha value is -3.90. The predicted molar refractivity (Wildman–Crippen MR) is 113 cm³/mol. The Balaban J connectivity index is 1.53. The first kappa shape index (κ1) is 19.4. The highest BCUT2D eigenvalue weighted by atomic mass is 35.5. The number of nitro groups is 1. The van der Waals surface area contributed by atoms with Gasteiger partial charge in [-0.15, -0.1) is 0 Å². The molecule has 0 N–H and O–H groups in total. The number of benzene rings is 2. The molecule has 0 atom stereocenters. The standard InChI is InChI=1S/C23H14ClNO5/c24-18-7-3-1-5-16(18)21-13-14-23(30-21)20(26)11-9-15-10-12-22(29-15)17-6-2-4-8-19(17)25(27)28/h1-14H. The number of allylic oxidation sites excluding steroid dienone is 1. The number of para-hydroxylation sites is 1. The minimum absolute atomic E-state index is 0.0545. The second-order valence-electron chi connectivity index (χ2n) is 6.32. The summed E-state index contributed by atoms with van der Waals surface area (Å²) in [4.78, 5) is 23.1. The maximum atomic E-state index is 12.4. The highest BCUT2D eigenvalue weighted by Crippen LogP contribution is 2.31. The van der Waals surface area contributed by atoms with Crippen LogP contribution in [-0.2, 0) is 0 Å². The molecule has 0 radical (unpaired) electrons. The lowest BCUT2D eigenvalue weighted by Gasteiger charge is -1.99. The van der Waals surface area contributed by atoms with E-state index in [-0.39, 0.29) is 17.2 Å². The van der Waals surface area contributed by atoms with Gasteiger partial charge in [0.15, 0.2) is 5.76 Å². The van der Waals surface area contributed by atoms with Crippen LogP contribution in [0.3, 0.4) is 0 Å². The van der Waals surface area contributed by atoms with Crippen LogP contribution in [0.1, 0.15) is 16.3 Å². The highest BCUT2D eigenvalue weighted by Gasteiger charge is 2.17. The van der Waals surface area contributed by atoms with Crippen LogP contribution in [-0.4, -0.2) is 10.7 Å². The van der Waals surface area contributed by atoms with Crippen molar-refractivity contribution in [1.82, 2.24) is 0 Å². The molecule has 0 saturated carbocycles. The Labute approximate surface area is 176 Å². The number of halogens is 1. The molecule has 2 aromatic carbocycles. The SMILES string of the molecule is O=C(C=Cc1ccc(-c2ccccc2[N+](=O)[O-])o1)c1ccc(-c2ccccc2Cl)o1. The van der Waals surface area contributed by atoms with Crippen LogP contribution in [0.5, 0.6) is 0 Å². The predicted octanol–water partition coefficient (Wildman–Crippen LogP) is 6.66. The molecule has 0 amide bonds. The van der Waals surface area contributed by atoms with Crippen LogP contribution in [0.2, 0.25) is 5.02 Å². The molecule has 6 nitrogen and oxygen atoms in total. The van der Waals surface area contributed by atoms with Crippen molar-refractivity contribution in [3.63, 3.8) is 0 Å². The molecular formula is C23H14ClNO5. The van der Waals surface area contributed by atoms with Gasteiger partial charge >= 0.3 is 0 Å². The van der Waals surface area contributed by atoms with Gasteiger partial charge < -0.3 is 8.83 Å². The molecule has 30 heavy (non-hydrogen) atoms. The summed E-state index contributed by atoms with van der Waals surface area (Å²) in [6.45, 7) is 0. The lowest BCUT2D eigenvalue weighted by atomic mass is 10.1. The molecule has 2 heterocycles. The van der Waals surface area contributed by atoms with Crippen LogP contribution >= 0.6 is 11.6 Å². The Morgan fingerprint density at radius 2 is 1.53 bits per heavy atom. The third-order valence-electron chi connectivity index (χ3n) is 4.38. The first-order chi connectivity index (χ1) is 14.5. The fourth-order valence-corrected chi connectivity index (χ4v) is 3.17. The molecule has 0 aliphatic heterocycles. The van der Waals surface area contributed by atoms with Gasteiger partial charge in [-0.3, -0.25) is 14.9 Å². The Morgan fingerprint density at radius 3 is 2.30 bits per heavy atom. The molecule has 0 bridgehead atoms. The third kappa shape index (κ3) is 3.94. The molecule has 4 rings (SSSR count). The first-order valence-corrected chi connectivity index (χ1v) is 9.31. The molecule has 0 aliphatic rings. The van der Waals surface area contributed by atoms with E-state index in [1.165, 1.54) is 18.2 Å². The molecule has 2 aromatic heterocycles. The van der Waals surface area contributed by atoms with Crippen molar-refractivity contribution in [3.8, 4) is 22.6 Å². The molecule has 0 fully saturated rings. The maximum absolute atomic E-state index is 12.4.